The molecule has 3 aromatic rings. The van der Waals surface area contributed by atoms with Crippen molar-refractivity contribution in [3.05, 3.63) is 82.4 Å². The Morgan fingerprint density at radius 2 is 1.80 bits per heavy atom. The largest absolute Gasteiger partial charge is 0.341 e. The van der Waals surface area contributed by atoms with Crippen molar-refractivity contribution in [1.82, 2.24) is 15.1 Å². The second-order valence-electron chi connectivity index (χ2n) is 8.57. The molecule has 0 saturated heterocycles. The van der Waals surface area contributed by atoms with Gasteiger partial charge in [0.15, 0.2) is 11.5 Å². The van der Waals surface area contributed by atoms with Crippen LogP contribution in [0.4, 0.5) is 13.2 Å². The Morgan fingerprint density at radius 3 is 2.50 bits per heavy atom. The van der Waals surface area contributed by atoms with Crippen LogP contribution in [0.5, 0.6) is 0 Å². The van der Waals surface area contributed by atoms with E-state index in [4.69, 9.17) is 0 Å². The summed E-state index contributed by atoms with van der Waals surface area (Å²) in [6.07, 6.45) is 3.29. The van der Waals surface area contributed by atoms with Crippen LogP contribution in [0.25, 0.3) is 5.69 Å². The minimum atomic E-state index is -0.707. The van der Waals surface area contributed by atoms with Gasteiger partial charge in [0.2, 0.25) is 0 Å². The predicted octanol–water partition coefficient (Wildman–Crippen LogP) is 4.37. The fraction of sp³-hybridized carbons (Fsp3) is 0.304. The number of carbonyl (C=O) groups is 1. The van der Waals surface area contributed by atoms with Crippen molar-refractivity contribution in [2.24, 2.45) is 5.92 Å². The van der Waals surface area contributed by atoms with Crippen LogP contribution in [0.2, 0.25) is 0 Å². The van der Waals surface area contributed by atoms with Crippen LogP contribution in [0.3, 0.4) is 0 Å². The van der Waals surface area contributed by atoms with Gasteiger partial charge in [-0.3, -0.25) is 4.79 Å². The Kier molecular flexibility index (Phi) is 3.53. The van der Waals surface area contributed by atoms with E-state index in [9.17, 15) is 18.0 Å². The summed E-state index contributed by atoms with van der Waals surface area (Å²) in [6.45, 7) is 0. The van der Waals surface area contributed by atoms with Gasteiger partial charge in [0, 0.05) is 17.5 Å². The Morgan fingerprint density at radius 1 is 1.07 bits per heavy atom. The standard InChI is InChI=1S/C23H18F3N3O/c24-14-3-1-13(2-4-14)23(7-8-23)27-22(30)20-17-10-12-9-16(12)21(17)29(28-20)19-6-5-15(25)11-18(19)26/h1-6,11-12,16H,7-10H2,(H,27,30)/t12-,16-/m1/s1. The molecule has 2 saturated carbocycles. The highest BCUT2D eigenvalue weighted by Crippen LogP contribution is 2.57. The molecule has 30 heavy (non-hydrogen) atoms. The SMILES string of the molecule is O=C(NC1(c2ccc(F)cc2)CC1)c1nn(-c2ccc(F)cc2F)c2c1C[C@H]1C[C@@H]21. The number of benzene rings is 2. The van der Waals surface area contributed by atoms with Crippen molar-refractivity contribution >= 4 is 5.91 Å². The number of fused-ring (bicyclic) bond motifs is 3. The number of carbonyl (C=O) groups excluding carboxylic acids is 1. The van der Waals surface area contributed by atoms with E-state index in [2.05, 4.69) is 10.4 Å². The van der Waals surface area contributed by atoms with Crippen LogP contribution in [0.1, 0.15) is 52.5 Å². The third kappa shape index (κ3) is 2.61. The highest BCUT2D eigenvalue weighted by atomic mass is 19.1. The molecule has 1 amide bonds. The van der Waals surface area contributed by atoms with Gasteiger partial charge in [0.1, 0.15) is 17.3 Å². The molecule has 3 aliphatic rings. The van der Waals surface area contributed by atoms with E-state index < -0.39 is 17.2 Å². The smallest absolute Gasteiger partial charge is 0.272 e. The molecule has 0 aliphatic heterocycles. The molecule has 2 aromatic carbocycles. The number of nitrogens with zero attached hydrogens (tertiary/aromatic N) is 2. The summed E-state index contributed by atoms with van der Waals surface area (Å²) < 4.78 is 42.6. The van der Waals surface area contributed by atoms with Crippen molar-refractivity contribution in [2.75, 3.05) is 0 Å². The van der Waals surface area contributed by atoms with Gasteiger partial charge in [-0.25, -0.2) is 17.9 Å². The van der Waals surface area contributed by atoms with E-state index in [0.717, 1.165) is 48.6 Å². The van der Waals surface area contributed by atoms with E-state index in [1.807, 2.05) is 0 Å². The lowest BCUT2D eigenvalue weighted by Gasteiger charge is -2.17. The average Bonchev–Trinajstić information content (AvgIpc) is 3.59. The lowest BCUT2D eigenvalue weighted by atomic mass is 10.0. The molecule has 2 fully saturated rings. The number of amides is 1. The first kappa shape index (κ1) is 17.7. The van der Waals surface area contributed by atoms with E-state index in [-0.39, 0.29) is 23.3 Å². The number of halogens is 3. The summed E-state index contributed by atoms with van der Waals surface area (Å²) >= 11 is 0. The predicted molar refractivity (Wildman–Crippen MR) is 103 cm³/mol. The highest BCUT2D eigenvalue weighted by molar-refractivity contribution is 5.95. The zero-order chi connectivity index (χ0) is 20.6. The number of rotatable bonds is 4. The Labute approximate surface area is 170 Å². The van der Waals surface area contributed by atoms with Crippen molar-refractivity contribution in [3.8, 4) is 5.69 Å². The minimum absolute atomic E-state index is 0.152. The van der Waals surface area contributed by atoms with E-state index in [0.29, 0.717) is 11.6 Å². The Hall–Kier alpha value is -3.09. The zero-order valence-corrected chi connectivity index (χ0v) is 16.0. The first-order valence-corrected chi connectivity index (χ1v) is 10.1. The maximum atomic E-state index is 14.5. The minimum Gasteiger partial charge on any atom is -0.341 e. The van der Waals surface area contributed by atoms with Gasteiger partial charge >= 0.3 is 0 Å². The summed E-state index contributed by atoms with van der Waals surface area (Å²) in [6, 6.07) is 9.53. The fourth-order valence-electron chi connectivity index (χ4n) is 4.79. The lowest BCUT2D eigenvalue weighted by Crippen LogP contribution is -2.35. The van der Waals surface area contributed by atoms with Crippen molar-refractivity contribution in [2.45, 2.75) is 37.1 Å². The van der Waals surface area contributed by atoms with Crippen molar-refractivity contribution in [3.63, 3.8) is 0 Å². The van der Waals surface area contributed by atoms with Crippen LogP contribution in [0, 0.1) is 23.4 Å². The summed E-state index contributed by atoms with van der Waals surface area (Å²) in [5, 5.41) is 7.55. The number of hydrogen-bond acceptors (Lipinski definition) is 2. The van der Waals surface area contributed by atoms with Gasteiger partial charge in [-0.05, 0) is 61.4 Å². The molecule has 1 aromatic heterocycles. The second kappa shape index (κ2) is 5.97. The van der Waals surface area contributed by atoms with Crippen LogP contribution in [-0.4, -0.2) is 15.7 Å². The van der Waals surface area contributed by atoms with Gasteiger partial charge in [0.25, 0.3) is 5.91 Å². The van der Waals surface area contributed by atoms with Gasteiger partial charge in [0.05, 0.1) is 11.2 Å². The number of hydrogen-bond donors (Lipinski definition) is 1. The summed E-state index contributed by atoms with van der Waals surface area (Å²) in [4.78, 5) is 13.2. The molecule has 4 nitrogen and oxygen atoms in total. The molecule has 6 rings (SSSR count). The molecule has 152 valence electrons. The third-order valence-electron chi connectivity index (χ3n) is 6.62. The maximum absolute atomic E-state index is 14.5. The van der Waals surface area contributed by atoms with Gasteiger partial charge in [-0.15, -0.1) is 0 Å². The Balaban J connectivity index is 1.37. The molecule has 3 aliphatic carbocycles. The Bertz CT molecular complexity index is 1200. The quantitative estimate of drug-likeness (QED) is 0.696. The van der Waals surface area contributed by atoms with Crippen LogP contribution < -0.4 is 5.32 Å². The molecule has 2 atom stereocenters. The molecular weight excluding hydrogens is 391 g/mol. The first-order chi connectivity index (χ1) is 14.4. The van der Waals surface area contributed by atoms with Crippen LogP contribution in [-0.2, 0) is 12.0 Å². The molecule has 0 bridgehead atoms. The summed E-state index contributed by atoms with van der Waals surface area (Å²) in [7, 11) is 0. The van der Waals surface area contributed by atoms with Crippen molar-refractivity contribution in [1.29, 1.82) is 0 Å². The fourth-order valence-corrected chi connectivity index (χ4v) is 4.79. The van der Waals surface area contributed by atoms with E-state index in [1.54, 1.807) is 12.1 Å². The van der Waals surface area contributed by atoms with Gasteiger partial charge in [-0.1, -0.05) is 12.1 Å². The van der Waals surface area contributed by atoms with Crippen LogP contribution in [0.15, 0.2) is 42.5 Å². The van der Waals surface area contributed by atoms with E-state index in [1.165, 1.54) is 28.9 Å². The van der Waals surface area contributed by atoms with Crippen LogP contribution >= 0.6 is 0 Å². The number of nitrogens with one attached hydrogen (secondary N) is 1. The van der Waals surface area contributed by atoms with E-state index >= 15 is 0 Å². The topological polar surface area (TPSA) is 46.9 Å². The van der Waals surface area contributed by atoms with Crippen molar-refractivity contribution < 1.29 is 18.0 Å². The normalized spacial score (nSPS) is 22.4. The lowest BCUT2D eigenvalue weighted by molar-refractivity contribution is 0.0924. The third-order valence-corrected chi connectivity index (χ3v) is 6.62. The monoisotopic (exact) mass is 409 g/mol. The van der Waals surface area contributed by atoms with Gasteiger partial charge < -0.3 is 5.32 Å². The molecular formula is C23H18F3N3O. The molecule has 1 N–H and O–H groups in total. The molecule has 1 heterocycles. The highest BCUT2D eigenvalue weighted by Gasteiger charge is 2.51. The second-order valence-corrected chi connectivity index (χ2v) is 8.57. The molecule has 0 spiro atoms. The maximum Gasteiger partial charge on any atom is 0.272 e. The molecule has 0 radical (unpaired) electrons. The molecule has 7 heteroatoms. The summed E-state index contributed by atoms with van der Waals surface area (Å²) in [5.41, 5.74) is 2.52. The van der Waals surface area contributed by atoms with Gasteiger partial charge in [-0.2, -0.15) is 5.10 Å². The number of aromatic nitrogens is 2. The average molecular weight is 409 g/mol. The first-order valence-electron chi connectivity index (χ1n) is 10.1. The molecule has 0 unspecified atom stereocenters. The summed E-state index contributed by atoms with van der Waals surface area (Å²) in [5.74, 6) is -1.26. The zero-order valence-electron chi connectivity index (χ0n) is 16.0.